The first-order valence-corrected chi connectivity index (χ1v) is 8.02. The van der Waals surface area contributed by atoms with Gasteiger partial charge in [0.2, 0.25) is 0 Å². The van der Waals surface area contributed by atoms with Gasteiger partial charge in [-0.1, -0.05) is 19.1 Å². The van der Waals surface area contributed by atoms with Crippen LogP contribution in [0.2, 0.25) is 0 Å². The Kier molecular flexibility index (Phi) is 3.07. The molecule has 4 nitrogen and oxygen atoms in total. The number of piperidine rings is 1. The highest BCUT2D eigenvalue weighted by Crippen LogP contribution is 2.34. The molecular formula is C17H21N3O. The molecule has 3 heterocycles. The summed E-state index contributed by atoms with van der Waals surface area (Å²) in [6.07, 6.45) is 5.32. The number of fused-ring (bicyclic) bond motifs is 3. The first-order chi connectivity index (χ1) is 10.3. The second-order valence-electron chi connectivity index (χ2n) is 6.34. The van der Waals surface area contributed by atoms with E-state index in [1.807, 2.05) is 35.8 Å². The molecule has 2 fully saturated rings. The lowest BCUT2D eigenvalue weighted by Gasteiger charge is -2.31. The normalized spacial score (nSPS) is 28.1. The largest absolute Gasteiger partial charge is 0.311 e. The Bertz CT molecular complexity index is 724. The van der Waals surface area contributed by atoms with Crippen LogP contribution in [0.5, 0.6) is 0 Å². The first kappa shape index (κ1) is 13.0. The molecule has 0 spiro atoms. The monoisotopic (exact) mass is 283 g/mol. The zero-order valence-electron chi connectivity index (χ0n) is 12.4. The Morgan fingerprint density at radius 2 is 1.95 bits per heavy atom. The lowest BCUT2D eigenvalue weighted by atomic mass is 9.99. The number of rotatable bonds is 2. The Morgan fingerprint density at radius 1 is 1.24 bits per heavy atom. The highest BCUT2D eigenvalue weighted by Gasteiger charge is 2.35. The third-order valence-electron chi connectivity index (χ3n) is 5.01. The third kappa shape index (κ3) is 2.09. The maximum Gasteiger partial charge on any atom is 0.272 e. The Balaban J connectivity index is 1.90. The minimum absolute atomic E-state index is 0.113. The van der Waals surface area contributed by atoms with E-state index in [0.717, 1.165) is 23.9 Å². The molecule has 1 N–H and O–H groups in total. The van der Waals surface area contributed by atoms with Crippen LogP contribution in [0.4, 0.5) is 0 Å². The summed E-state index contributed by atoms with van der Waals surface area (Å²) >= 11 is 0. The number of para-hydroxylation sites is 2. The lowest BCUT2D eigenvalue weighted by Crippen LogP contribution is -2.42. The van der Waals surface area contributed by atoms with Crippen molar-refractivity contribution >= 4 is 11.0 Å². The minimum atomic E-state index is 0.113. The van der Waals surface area contributed by atoms with Crippen molar-refractivity contribution in [1.82, 2.24) is 14.9 Å². The van der Waals surface area contributed by atoms with Gasteiger partial charge in [0, 0.05) is 18.1 Å². The van der Waals surface area contributed by atoms with Gasteiger partial charge in [-0.3, -0.25) is 4.79 Å². The van der Waals surface area contributed by atoms with Gasteiger partial charge in [-0.15, -0.1) is 0 Å². The van der Waals surface area contributed by atoms with Crippen LogP contribution < -0.4 is 10.9 Å². The van der Waals surface area contributed by atoms with Gasteiger partial charge in [-0.2, -0.15) is 0 Å². The van der Waals surface area contributed by atoms with Crippen LogP contribution in [-0.2, 0) is 6.42 Å². The van der Waals surface area contributed by atoms with E-state index in [9.17, 15) is 4.79 Å². The molecule has 0 radical (unpaired) electrons. The number of hydrogen-bond donors (Lipinski definition) is 1. The molecule has 0 saturated carbocycles. The Hall–Kier alpha value is -1.68. The maximum absolute atomic E-state index is 12.8. The zero-order chi connectivity index (χ0) is 14.4. The Labute approximate surface area is 124 Å². The van der Waals surface area contributed by atoms with Crippen molar-refractivity contribution in [3.63, 3.8) is 0 Å². The molecule has 2 atom stereocenters. The average Bonchev–Trinajstić information content (AvgIpc) is 2.85. The summed E-state index contributed by atoms with van der Waals surface area (Å²) in [4.78, 5) is 17.4. The maximum atomic E-state index is 12.8. The quantitative estimate of drug-likeness (QED) is 0.920. The molecule has 21 heavy (non-hydrogen) atoms. The van der Waals surface area contributed by atoms with Crippen LogP contribution in [0.3, 0.4) is 0 Å². The molecule has 4 heteroatoms. The molecule has 110 valence electrons. The van der Waals surface area contributed by atoms with Crippen molar-refractivity contribution in [2.75, 3.05) is 0 Å². The van der Waals surface area contributed by atoms with Gasteiger partial charge in [0.05, 0.1) is 11.0 Å². The first-order valence-electron chi connectivity index (χ1n) is 8.02. The number of aryl methyl sites for hydroxylation is 1. The second kappa shape index (κ2) is 4.95. The van der Waals surface area contributed by atoms with Gasteiger partial charge in [-0.25, -0.2) is 4.98 Å². The summed E-state index contributed by atoms with van der Waals surface area (Å²) in [6.45, 7) is 2.01. The highest BCUT2D eigenvalue weighted by molar-refractivity contribution is 5.74. The van der Waals surface area contributed by atoms with E-state index in [2.05, 4.69) is 10.3 Å². The standard InChI is InChI=1S/C17H21N3O/c1-2-14-17(21)20(16-6-4-3-5-15(16)19-14)13-9-11-7-8-12(10-13)18-11/h3-6,11-13,18H,2,7-10H2,1H3. The van der Waals surface area contributed by atoms with Gasteiger partial charge >= 0.3 is 0 Å². The smallest absolute Gasteiger partial charge is 0.272 e. The van der Waals surface area contributed by atoms with E-state index in [1.54, 1.807) is 0 Å². The summed E-state index contributed by atoms with van der Waals surface area (Å²) in [5.74, 6) is 0. The number of nitrogens with one attached hydrogen (secondary N) is 1. The number of aromatic nitrogens is 2. The van der Waals surface area contributed by atoms with Crippen LogP contribution in [0, 0.1) is 0 Å². The molecule has 2 aromatic rings. The summed E-state index contributed by atoms with van der Waals surface area (Å²) < 4.78 is 2.04. The summed E-state index contributed by atoms with van der Waals surface area (Å²) in [5.41, 5.74) is 2.74. The van der Waals surface area contributed by atoms with Crippen LogP contribution in [0.25, 0.3) is 11.0 Å². The van der Waals surface area contributed by atoms with Gasteiger partial charge in [0.1, 0.15) is 5.69 Å². The molecule has 0 aliphatic carbocycles. The van der Waals surface area contributed by atoms with Gasteiger partial charge < -0.3 is 9.88 Å². The number of benzene rings is 1. The van der Waals surface area contributed by atoms with Crippen LogP contribution in [0.15, 0.2) is 29.1 Å². The SMILES string of the molecule is CCc1nc2ccccc2n(C2CC3CCC(C2)N3)c1=O. The van der Waals surface area contributed by atoms with Crippen molar-refractivity contribution in [3.05, 3.63) is 40.3 Å². The van der Waals surface area contributed by atoms with Crippen LogP contribution >= 0.6 is 0 Å². The highest BCUT2D eigenvalue weighted by atomic mass is 16.1. The summed E-state index contributed by atoms with van der Waals surface area (Å²) in [6, 6.07) is 9.52. The van der Waals surface area contributed by atoms with E-state index in [-0.39, 0.29) is 5.56 Å². The summed E-state index contributed by atoms with van der Waals surface area (Å²) in [7, 11) is 0. The molecule has 2 aliphatic heterocycles. The predicted octanol–water partition coefficient (Wildman–Crippen LogP) is 2.41. The fraction of sp³-hybridized carbons (Fsp3) is 0.529. The average molecular weight is 283 g/mol. The lowest BCUT2D eigenvalue weighted by molar-refractivity contribution is 0.298. The predicted molar refractivity (Wildman–Crippen MR) is 83.6 cm³/mol. The van der Waals surface area contributed by atoms with E-state index in [4.69, 9.17) is 0 Å². The van der Waals surface area contributed by atoms with Crippen LogP contribution in [0.1, 0.15) is 44.3 Å². The fourth-order valence-electron chi connectivity index (χ4n) is 4.03. The van der Waals surface area contributed by atoms with E-state index >= 15 is 0 Å². The van der Waals surface area contributed by atoms with Gasteiger partial charge in [0.15, 0.2) is 0 Å². The van der Waals surface area contributed by atoms with Crippen molar-refractivity contribution < 1.29 is 0 Å². The molecular weight excluding hydrogens is 262 g/mol. The second-order valence-corrected chi connectivity index (χ2v) is 6.34. The minimum Gasteiger partial charge on any atom is -0.311 e. The van der Waals surface area contributed by atoms with E-state index in [1.165, 1.54) is 12.8 Å². The molecule has 0 amide bonds. The molecule has 4 rings (SSSR count). The van der Waals surface area contributed by atoms with E-state index < -0.39 is 0 Å². The molecule has 2 saturated heterocycles. The van der Waals surface area contributed by atoms with Gasteiger partial charge in [0.25, 0.3) is 5.56 Å². The molecule has 1 aromatic heterocycles. The van der Waals surface area contributed by atoms with Crippen LogP contribution in [-0.4, -0.2) is 21.6 Å². The van der Waals surface area contributed by atoms with Crippen molar-refractivity contribution in [1.29, 1.82) is 0 Å². The zero-order valence-corrected chi connectivity index (χ0v) is 12.4. The number of nitrogens with zero attached hydrogens (tertiary/aromatic N) is 2. The topological polar surface area (TPSA) is 46.9 Å². The van der Waals surface area contributed by atoms with Gasteiger partial charge in [-0.05, 0) is 44.2 Å². The fourth-order valence-corrected chi connectivity index (χ4v) is 4.03. The van der Waals surface area contributed by atoms with Crippen molar-refractivity contribution in [2.45, 2.75) is 57.2 Å². The molecule has 1 aromatic carbocycles. The molecule has 2 aliphatic rings. The summed E-state index contributed by atoms with van der Waals surface area (Å²) in [5, 5.41) is 3.66. The van der Waals surface area contributed by atoms with Crippen molar-refractivity contribution in [3.8, 4) is 0 Å². The van der Waals surface area contributed by atoms with Crippen molar-refractivity contribution in [2.24, 2.45) is 0 Å². The third-order valence-corrected chi connectivity index (χ3v) is 5.01. The number of hydrogen-bond acceptors (Lipinski definition) is 3. The molecule has 2 bridgehead atoms. The Morgan fingerprint density at radius 3 is 2.67 bits per heavy atom. The van der Waals surface area contributed by atoms with E-state index in [0.29, 0.717) is 30.2 Å². The molecule has 2 unspecified atom stereocenters.